The Labute approximate surface area is 70.6 Å². The second kappa shape index (κ2) is 8.86. The van der Waals surface area contributed by atoms with E-state index in [0.29, 0.717) is 0 Å². The molecule has 0 amide bonds. The summed E-state index contributed by atoms with van der Waals surface area (Å²) in [6.07, 6.45) is 1.43. The zero-order valence-corrected chi connectivity index (χ0v) is 7.61. The van der Waals surface area contributed by atoms with Gasteiger partial charge in [0.25, 0.3) is 0 Å². The largest absolute Gasteiger partial charge is 0.496 e. The van der Waals surface area contributed by atoms with Crippen LogP contribution in [0.15, 0.2) is 12.7 Å². The Kier molecular flexibility index (Phi) is 10.6. The third-order valence-corrected chi connectivity index (χ3v) is 0.696. The lowest BCUT2D eigenvalue weighted by molar-refractivity contribution is -0.217. The summed E-state index contributed by atoms with van der Waals surface area (Å²) in [6.45, 7) is 4.98. The number of aliphatic hydroxyl groups is 1. The maximum Gasteiger partial charge on any atom is 0.496 e. The molecule has 0 saturated heterocycles. The molecule has 0 atom stereocenters. The molecule has 0 bridgehead atoms. The van der Waals surface area contributed by atoms with E-state index in [2.05, 4.69) is 16.1 Å². The Morgan fingerprint density at radius 2 is 2.00 bits per heavy atom. The van der Waals surface area contributed by atoms with Crippen molar-refractivity contribution >= 4 is 7.82 Å². The lowest BCUT2D eigenvalue weighted by Crippen LogP contribution is -1.89. The summed E-state index contributed by atoms with van der Waals surface area (Å²) in [5.74, 6) is 0. The minimum Gasteiger partial charge on any atom is -0.392 e. The molecule has 0 aromatic carbocycles. The standard InChI is InChI=1S/C3H6O.C2H7O5P/c1-2-3-4;1-2-6-7-8(3,4)5/h2,4H,1,3H2;2H2,1H3,(H2,3,4,5). The minimum absolute atomic E-state index is 0.0833. The van der Waals surface area contributed by atoms with Crippen LogP contribution in [-0.4, -0.2) is 28.1 Å². The van der Waals surface area contributed by atoms with Crippen LogP contribution in [0, 0.1) is 0 Å². The van der Waals surface area contributed by atoms with Crippen molar-refractivity contribution in [3.8, 4) is 0 Å². The van der Waals surface area contributed by atoms with Gasteiger partial charge in [0.1, 0.15) is 0 Å². The Balaban J connectivity index is 0. The number of hydrogen-bond acceptors (Lipinski definition) is 4. The summed E-state index contributed by atoms with van der Waals surface area (Å²) >= 11 is 0. The first-order valence-electron chi connectivity index (χ1n) is 3.06. The third kappa shape index (κ3) is 22.6. The normalized spacial score (nSPS) is 10.0. The molecule has 74 valence electrons. The highest BCUT2D eigenvalue weighted by Crippen LogP contribution is 2.35. The van der Waals surface area contributed by atoms with E-state index >= 15 is 0 Å². The molecule has 3 N–H and O–H groups in total. The second-order valence-electron chi connectivity index (χ2n) is 1.44. The fourth-order valence-electron chi connectivity index (χ4n) is 0.121. The number of hydrogen-bond donors (Lipinski definition) is 3. The van der Waals surface area contributed by atoms with Gasteiger partial charge in [0.05, 0.1) is 13.2 Å². The van der Waals surface area contributed by atoms with Gasteiger partial charge in [-0.3, -0.25) is 0 Å². The molecule has 0 aromatic heterocycles. The Morgan fingerprint density at radius 1 is 1.58 bits per heavy atom. The van der Waals surface area contributed by atoms with Gasteiger partial charge in [-0.2, -0.15) is 0 Å². The molecule has 0 radical (unpaired) electrons. The van der Waals surface area contributed by atoms with Crippen LogP contribution in [0.5, 0.6) is 0 Å². The van der Waals surface area contributed by atoms with Crippen molar-refractivity contribution in [3.63, 3.8) is 0 Å². The van der Waals surface area contributed by atoms with Crippen LogP contribution in [0.25, 0.3) is 0 Å². The zero-order valence-electron chi connectivity index (χ0n) is 6.71. The topological polar surface area (TPSA) is 96.2 Å². The van der Waals surface area contributed by atoms with Gasteiger partial charge in [0.15, 0.2) is 0 Å². The molecular formula is C5H13O6P. The van der Waals surface area contributed by atoms with Gasteiger partial charge in [-0.25, -0.2) is 9.45 Å². The summed E-state index contributed by atoms with van der Waals surface area (Å²) in [7, 11) is -4.40. The first-order chi connectivity index (χ1) is 5.47. The average molecular weight is 200 g/mol. The number of aliphatic hydroxyl groups excluding tert-OH is 1. The lowest BCUT2D eigenvalue weighted by Gasteiger charge is -1.99. The minimum atomic E-state index is -4.40. The summed E-state index contributed by atoms with van der Waals surface area (Å²) in [5, 5.41) is 7.76. The Morgan fingerprint density at radius 3 is 2.08 bits per heavy atom. The van der Waals surface area contributed by atoms with E-state index in [1.165, 1.54) is 6.08 Å². The van der Waals surface area contributed by atoms with Gasteiger partial charge in [-0.15, -0.1) is 11.3 Å². The SMILES string of the molecule is C=CCO.CCOOP(=O)(O)O. The molecule has 12 heavy (non-hydrogen) atoms. The molecule has 0 aliphatic carbocycles. The predicted molar refractivity (Wildman–Crippen MR) is 42.0 cm³/mol. The zero-order chi connectivity index (χ0) is 10.0. The molecule has 0 saturated carbocycles. The van der Waals surface area contributed by atoms with Crippen molar-refractivity contribution in [2.45, 2.75) is 6.92 Å². The van der Waals surface area contributed by atoms with Gasteiger partial charge in [0, 0.05) is 0 Å². The molecule has 0 aliphatic rings. The van der Waals surface area contributed by atoms with Crippen molar-refractivity contribution in [2.75, 3.05) is 13.2 Å². The maximum atomic E-state index is 9.74. The smallest absolute Gasteiger partial charge is 0.392 e. The van der Waals surface area contributed by atoms with Gasteiger partial charge in [0.2, 0.25) is 0 Å². The second-order valence-corrected chi connectivity index (χ2v) is 2.57. The highest BCUT2D eigenvalue weighted by Gasteiger charge is 2.13. The molecule has 0 aromatic rings. The average Bonchev–Trinajstić information content (AvgIpc) is 2.00. The molecule has 0 fully saturated rings. The maximum absolute atomic E-state index is 9.74. The van der Waals surface area contributed by atoms with E-state index in [0.717, 1.165) is 0 Å². The van der Waals surface area contributed by atoms with Gasteiger partial charge in [-0.1, -0.05) is 6.08 Å². The van der Waals surface area contributed by atoms with Gasteiger partial charge >= 0.3 is 7.82 Å². The molecule has 0 aliphatic heterocycles. The van der Waals surface area contributed by atoms with Crippen molar-refractivity contribution in [2.24, 2.45) is 0 Å². The van der Waals surface area contributed by atoms with Crippen LogP contribution in [0.3, 0.4) is 0 Å². The van der Waals surface area contributed by atoms with Gasteiger partial charge in [-0.05, 0) is 6.92 Å². The van der Waals surface area contributed by atoms with Crippen LogP contribution in [0.2, 0.25) is 0 Å². The van der Waals surface area contributed by atoms with E-state index in [4.69, 9.17) is 14.9 Å². The van der Waals surface area contributed by atoms with Crippen LogP contribution in [0.1, 0.15) is 6.92 Å². The van der Waals surface area contributed by atoms with E-state index in [1.54, 1.807) is 6.92 Å². The van der Waals surface area contributed by atoms with Crippen LogP contribution >= 0.6 is 7.82 Å². The van der Waals surface area contributed by atoms with Crippen LogP contribution in [-0.2, 0) is 14.1 Å². The fraction of sp³-hybridized carbons (Fsp3) is 0.600. The third-order valence-electron chi connectivity index (χ3n) is 0.397. The Bertz CT molecular complexity index is 141. The van der Waals surface area contributed by atoms with Crippen molar-refractivity contribution in [1.82, 2.24) is 0 Å². The molecule has 0 unspecified atom stereocenters. The molecule has 0 spiro atoms. The van der Waals surface area contributed by atoms with Gasteiger partial charge < -0.3 is 14.9 Å². The first-order valence-corrected chi connectivity index (χ1v) is 4.59. The summed E-state index contributed by atoms with van der Waals surface area (Å²) in [5.41, 5.74) is 0. The highest BCUT2D eigenvalue weighted by atomic mass is 31.2. The van der Waals surface area contributed by atoms with Crippen molar-refractivity contribution in [3.05, 3.63) is 12.7 Å². The lowest BCUT2D eigenvalue weighted by atomic mass is 10.7. The monoisotopic (exact) mass is 200 g/mol. The first kappa shape index (κ1) is 14.3. The molecular weight excluding hydrogens is 187 g/mol. The summed E-state index contributed by atoms with van der Waals surface area (Å²) < 4.78 is 13.3. The number of phosphoric acid groups is 1. The predicted octanol–water partition coefficient (Wildman–Crippen LogP) is 0.212. The van der Waals surface area contributed by atoms with E-state index in [-0.39, 0.29) is 13.2 Å². The summed E-state index contributed by atoms with van der Waals surface area (Å²) in [6, 6.07) is 0. The number of rotatable bonds is 4. The highest BCUT2D eigenvalue weighted by molar-refractivity contribution is 7.46. The molecule has 0 heterocycles. The van der Waals surface area contributed by atoms with Crippen molar-refractivity contribution in [1.29, 1.82) is 0 Å². The van der Waals surface area contributed by atoms with E-state index in [9.17, 15) is 4.57 Å². The molecule has 7 heteroatoms. The van der Waals surface area contributed by atoms with Crippen LogP contribution in [0.4, 0.5) is 0 Å². The molecule has 6 nitrogen and oxygen atoms in total. The fourth-order valence-corrected chi connectivity index (χ4v) is 0.364. The van der Waals surface area contributed by atoms with Crippen LogP contribution < -0.4 is 0 Å². The van der Waals surface area contributed by atoms with E-state index in [1.807, 2.05) is 0 Å². The molecule has 0 rings (SSSR count). The van der Waals surface area contributed by atoms with E-state index < -0.39 is 7.82 Å². The summed E-state index contributed by atoms with van der Waals surface area (Å²) in [4.78, 5) is 19.8. The van der Waals surface area contributed by atoms with Crippen molar-refractivity contribution < 1.29 is 29.0 Å². The Hall–Kier alpha value is -0.230. The quantitative estimate of drug-likeness (QED) is 0.260.